The molecular formula is C20H19NO6. The molecule has 7 heteroatoms. The van der Waals surface area contributed by atoms with Gasteiger partial charge in [0.05, 0.1) is 25.8 Å². The largest absolute Gasteiger partial charge is 0.504 e. The zero-order chi connectivity index (χ0) is 19.7. The predicted octanol–water partition coefficient (Wildman–Crippen LogP) is 2.90. The van der Waals surface area contributed by atoms with Crippen LogP contribution in [-0.4, -0.2) is 36.1 Å². The van der Waals surface area contributed by atoms with E-state index >= 15 is 0 Å². The number of hydrogen-bond donors (Lipinski definition) is 2. The second-order valence-electron chi connectivity index (χ2n) is 6.03. The molecule has 1 atom stereocenters. The maximum Gasteiger partial charge on any atom is 0.294 e. The molecule has 3 rings (SSSR count). The maximum atomic E-state index is 12.7. The van der Waals surface area contributed by atoms with Gasteiger partial charge in [0.25, 0.3) is 5.91 Å². The van der Waals surface area contributed by atoms with Crippen molar-refractivity contribution < 1.29 is 29.3 Å². The van der Waals surface area contributed by atoms with Crippen LogP contribution < -0.4 is 14.4 Å². The van der Waals surface area contributed by atoms with Gasteiger partial charge in [0.15, 0.2) is 23.0 Å². The summed E-state index contributed by atoms with van der Waals surface area (Å²) in [4.78, 5) is 26.3. The molecule has 2 aromatic carbocycles. The number of carbonyl (C=O) groups excluding carboxylic acids is 2. The highest BCUT2D eigenvalue weighted by molar-refractivity contribution is 6.16. The van der Waals surface area contributed by atoms with Gasteiger partial charge in [-0.15, -0.1) is 0 Å². The first-order valence-electron chi connectivity index (χ1n) is 8.17. The minimum Gasteiger partial charge on any atom is -0.504 e. The summed E-state index contributed by atoms with van der Waals surface area (Å²) >= 11 is 0. The van der Waals surface area contributed by atoms with Crippen molar-refractivity contribution in [2.75, 3.05) is 19.1 Å². The third kappa shape index (κ3) is 3.08. The number of ether oxygens (including phenoxy) is 2. The molecule has 0 fully saturated rings. The van der Waals surface area contributed by atoms with Crippen LogP contribution in [0.15, 0.2) is 53.8 Å². The van der Waals surface area contributed by atoms with Crippen molar-refractivity contribution in [2.24, 2.45) is 0 Å². The molecule has 140 valence electrons. The van der Waals surface area contributed by atoms with Crippen molar-refractivity contribution in [3.05, 3.63) is 59.4 Å². The quantitative estimate of drug-likeness (QED) is 0.841. The van der Waals surface area contributed by atoms with E-state index in [-0.39, 0.29) is 17.1 Å². The average Bonchev–Trinajstić information content (AvgIpc) is 2.93. The maximum absolute atomic E-state index is 12.7. The lowest BCUT2D eigenvalue weighted by Gasteiger charge is -2.27. The van der Waals surface area contributed by atoms with Gasteiger partial charge in [-0.2, -0.15) is 0 Å². The third-order valence-electron chi connectivity index (χ3n) is 4.46. The number of phenolic OH excluding ortho intramolecular Hbond substituents is 1. The molecule has 0 aliphatic carbocycles. The number of anilines is 1. The fraction of sp³-hybridized carbons (Fsp3) is 0.200. The summed E-state index contributed by atoms with van der Waals surface area (Å²) in [7, 11) is 2.93. The van der Waals surface area contributed by atoms with Crippen LogP contribution >= 0.6 is 0 Å². The van der Waals surface area contributed by atoms with Crippen molar-refractivity contribution in [2.45, 2.75) is 13.0 Å². The van der Waals surface area contributed by atoms with Crippen molar-refractivity contribution in [1.29, 1.82) is 0 Å². The number of Topliss-reactive ketones (excluding diaryl/α,β-unsaturated/α-hetero) is 1. The molecule has 1 aliphatic rings. The molecular weight excluding hydrogens is 350 g/mol. The molecule has 0 aromatic heterocycles. The highest BCUT2D eigenvalue weighted by Gasteiger charge is 2.43. The van der Waals surface area contributed by atoms with E-state index in [0.29, 0.717) is 17.0 Å². The summed E-state index contributed by atoms with van der Waals surface area (Å²) in [5.41, 5.74) is 0.993. The SMILES string of the molecule is COc1ccc(N2C(=O)C(O)=C(C(C)=O)[C@H]2c2ccc(O)c(OC)c2)cc1. The van der Waals surface area contributed by atoms with Crippen molar-refractivity contribution in [3.63, 3.8) is 0 Å². The molecule has 0 spiro atoms. The first-order valence-corrected chi connectivity index (χ1v) is 8.17. The van der Waals surface area contributed by atoms with Gasteiger partial charge in [0.2, 0.25) is 0 Å². The number of hydrogen-bond acceptors (Lipinski definition) is 6. The first kappa shape index (κ1) is 18.3. The fourth-order valence-corrected chi connectivity index (χ4v) is 3.15. The topological polar surface area (TPSA) is 96.3 Å². The van der Waals surface area contributed by atoms with E-state index in [0.717, 1.165) is 0 Å². The Bertz CT molecular complexity index is 932. The number of aliphatic hydroxyl groups excluding tert-OH is 1. The Hall–Kier alpha value is -3.48. The predicted molar refractivity (Wildman–Crippen MR) is 98.2 cm³/mol. The molecule has 7 nitrogen and oxygen atoms in total. The molecule has 0 unspecified atom stereocenters. The molecule has 0 bridgehead atoms. The Kier molecular flexibility index (Phi) is 4.77. The lowest BCUT2D eigenvalue weighted by atomic mass is 9.96. The van der Waals surface area contributed by atoms with E-state index in [9.17, 15) is 19.8 Å². The lowest BCUT2D eigenvalue weighted by molar-refractivity contribution is -0.117. The van der Waals surface area contributed by atoms with E-state index in [1.807, 2.05) is 0 Å². The van der Waals surface area contributed by atoms with Gasteiger partial charge in [-0.3, -0.25) is 14.5 Å². The van der Waals surface area contributed by atoms with Crippen LogP contribution in [0.5, 0.6) is 17.2 Å². The number of carbonyl (C=O) groups is 2. The summed E-state index contributed by atoms with van der Waals surface area (Å²) in [5.74, 6) is -0.952. The van der Waals surface area contributed by atoms with Crippen molar-refractivity contribution in [3.8, 4) is 17.2 Å². The summed E-state index contributed by atoms with van der Waals surface area (Å²) in [6.45, 7) is 1.29. The van der Waals surface area contributed by atoms with E-state index in [1.165, 1.54) is 38.2 Å². The Labute approximate surface area is 156 Å². The van der Waals surface area contributed by atoms with Crippen molar-refractivity contribution in [1.82, 2.24) is 0 Å². The highest BCUT2D eigenvalue weighted by atomic mass is 16.5. The van der Waals surface area contributed by atoms with Gasteiger partial charge in [0, 0.05) is 5.69 Å². The zero-order valence-corrected chi connectivity index (χ0v) is 15.1. The number of ketones is 1. The third-order valence-corrected chi connectivity index (χ3v) is 4.46. The van der Waals surface area contributed by atoms with Crippen LogP contribution in [0.4, 0.5) is 5.69 Å². The van der Waals surface area contributed by atoms with Crippen LogP contribution in [0.25, 0.3) is 0 Å². The van der Waals surface area contributed by atoms with E-state index in [2.05, 4.69) is 0 Å². The van der Waals surface area contributed by atoms with Gasteiger partial charge < -0.3 is 19.7 Å². The number of aromatic hydroxyl groups is 1. The molecule has 1 aliphatic heterocycles. The Balaban J connectivity index is 2.16. The first-order chi connectivity index (χ1) is 12.9. The number of phenols is 1. The molecule has 1 heterocycles. The number of benzene rings is 2. The van der Waals surface area contributed by atoms with Gasteiger partial charge in [-0.05, 0) is 48.9 Å². The molecule has 0 saturated carbocycles. The molecule has 1 amide bonds. The molecule has 2 aromatic rings. The van der Waals surface area contributed by atoms with E-state index < -0.39 is 23.5 Å². The Morgan fingerprint density at radius 3 is 2.26 bits per heavy atom. The summed E-state index contributed by atoms with van der Waals surface area (Å²) in [5, 5.41) is 20.2. The molecule has 2 N–H and O–H groups in total. The van der Waals surface area contributed by atoms with Gasteiger partial charge in [0.1, 0.15) is 5.75 Å². The monoisotopic (exact) mass is 369 g/mol. The lowest BCUT2D eigenvalue weighted by Crippen LogP contribution is -2.30. The highest BCUT2D eigenvalue weighted by Crippen LogP contribution is 2.43. The van der Waals surface area contributed by atoms with Crippen LogP contribution in [0, 0.1) is 0 Å². The summed E-state index contributed by atoms with van der Waals surface area (Å²) in [6, 6.07) is 10.4. The second-order valence-corrected chi connectivity index (χ2v) is 6.03. The van der Waals surface area contributed by atoms with Crippen LogP contribution in [-0.2, 0) is 9.59 Å². The van der Waals surface area contributed by atoms with E-state index in [4.69, 9.17) is 9.47 Å². The smallest absolute Gasteiger partial charge is 0.294 e. The van der Waals surface area contributed by atoms with E-state index in [1.54, 1.807) is 30.3 Å². The number of rotatable bonds is 5. The molecule has 27 heavy (non-hydrogen) atoms. The van der Waals surface area contributed by atoms with Crippen molar-refractivity contribution >= 4 is 17.4 Å². The van der Waals surface area contributed by atoms with Crippen LogP contribution in [0.2, 0.25) is 0 Å². The molecule has 0 saturated heterocycles. The standard InChI is InChI=1S/C20H19NO6/c1-11(22)17-18(12-4-9-15(23)16(10-12)27-3)21(20(25)19(17)24)13-5-7-14(26-2)8-6-13/h4-10,18,23-24H,1-3H3/t18-/m1/s1. The van der Waals surface area contributed by atoms with Crippen LogP contribution in [0.3, 0.4) is 0 Å². The van der Waals surface area contributed by atoms with Gasteiger partial charge in [-0.1, -0.05) is 6.07 Å². The second kappa shape index (κ2) is 7.03. The van der Waals surface area contributed by atoms with Gasteiger partial charge in [-0.25, -0.2) is 0 Å². The van der Waals surface area contributed by atoms with Crippen LogP contribution in [0.1, 0.15) is 18.5 Å². The number of nitrogens with zero attached hydrogens (tertiary/aromatic N) is 1. The minimum atomic E-state index is -0.849. The molecule has 0 radical (unpaired) electrons. The fourth-order valence-electron chi connectivity index (χ4n) is 3.15. The number of amides is 1. The number of methoxy groups -OCH3 is 2. The Morgan fingerprint density at radius 1 is 1.04 bits per heavy atom. The number of aliphatic hydroxyl groups is 1. The van der Waals surface area contributed by atoms with Gasteiger partial charge >= 0.3 is 0 Å². The minimum absolute atomic E-state index is 0.0106. The zero-order valence-electron chi connectivity index (χ0n) is 15.1. The Morgan fingerprint density at radius 2 is 1.70 bits per heavy atom. The summed E-state index contributed by atoms with van der Waals surface area (Å²) in [6.07, 6.45) is 0. The normalized spacial score (nSPS) is 16.6. The average molecular weight is 369 g/mol. The summed E-state index contributed by atoms with van der Waals surface area (Å²) < 4.78 is 10.3.